The monoisotopic (exact) mass is 167 g/mol. The Labute approximate surface area is 71.3 Å². The van der Waals surface area contributed by atoms with E-state index < -0.39 is 0 Å². The highest BCUT2D eigenvalue weighted by Gasteiger charge is 2.17. The van der Waals surface area contributed by atoms with Crippen molar-refractivity contribution in [2.24, 2.45) is 0 Å². The lowest BCUT2D eigenvalue weighted by atomic mass is 10.2. The Hall–Kier alpha value is -0.870. The van der Waals surface area contributed by atoms with Gasteiger partial charge >= 0.3 is 0 Å². The second kappa shape index (κ2) is 3.25. The number of aromatic amines is 1. The van der Waals surface area contributed by atoms with E-state index in [0.717, 1.165) is 31.1 Å². The Morgan fingerprint density at radius 1 is 1.67 bits per heavy atom. The van der Waals surface area contributed by atoms with E-state index >= 15 is 0 Å². The molecule has 0 radical (unpaired) electrons. The molecule has 1 atom stereocenters. The fourth-order valence-corrected chi connectivity index (χ4v) is 1.36. The van der Waals surface area contributed by atoms with Gasteiger partial charge in [0.25, 0.3) is 0 Å². The minimum Gasteiger partial charge on any atom is -0.369 e. The Kier molecular flexibility index (Phi) is 2.10. The molecule has 1 saturated heterocycles. The van der Waals surface area contributed by atoms with E-state index in [0.29, 0.717) is 0 Å². The lowest BCUT2D eigenvalue weighted by Gasteiger charge is -2.21. The summed E-state index contributed by atoms with van der Waals surface area (Å²) in [7, 11) is 0. The second-order valence-corrected chi connectivity index (χ2v) is 3.04. The van der Waals surface area contributed by atoms with Gasteiger partial charge < -0.3 is 10.1 Å². The molecule has 66 valence electrons. The topological polar surface area (TPSA) is 49.9 Å². The van der Waals surface area contributed by atoms with Gasteiger partial charge in [0.15, 0.2) is 0 Å². The van der Waals surface area contributed by atoms with Gasteiger partial charge in [0, 0.05) is 18.8 Å². The molecule has 2 N–H and O–H groups in total. The van der Waals surface area contributed by atoms with Crippen molar-refractivity contribution in [3.05, 3.63) is 17.5 Å². The van der Waals surface area contributed by atoms with Crippen molar-refractivity contribution in [3.8, 4) is 0 Å². The van der Waals surface area contributed by atoms with Crippen LogP contribution in [0, 0.1) is 6.92 Å². The fraction of sp³-hybridized carbons (Fsp3) is 0.625. The molecule has 0 spiro atoms. The van der Waals surface area contributed by atoms with Crippen LogP contribution in [0.1, 0.15) is 17.5 Å². The van der Waals surface area contributed by atoms with Crippen LogP contribution in [0.25, 0.3) is 0 Å². The largest absolute Gasteiger partial charge is 0.369 e. The number of morpholine rings is 1. The molecule has 1 aromatic rings. The zero-order chi connectivity index (χ0) is 8.39. The Morgan fingerprint density at radius 3 is 3.17 bits per heavy atom. The number of hydrogen-bond acceptors (Lipinski definition) is 3. The van der Waals surface area contributed by atoms with Gasteiger partial charge in [0.05, 0.1) is 12.3 Å². The number of nitrogens with one attached hydrogen (secondary N) is 2. The standard InChI is InChI=1S/C8H13N3O/c1-6-4-7(11-10-6)8-5-9-2-3-12-8/h4,8-9H,2-3,5H2,1H3,(H,10,11)/t8-/m1/s1. The highest BCUT2D eigenvalue weighted by molar-refractivity contribution is 5.10. The quantitative estimate of drug-likeness (QED) is 0.635. The van der Waals surface area contributed by atoms with Crippen LogP contribution in [0.5, 0.6) is 0 Å². The SMILES string of the molecule is Cc1cc([C@H]2CNCCO2)n[nH]1. The third-order valence-electron chi connectivity index (χ3n) is 1.98. The highest BCUT2D eigenvalue weighted by Crippen LogP contribution is 2.16. The van der Waals surface area contributed by atoms with E-state index in [1.807, 2.05) is 13.0 Å². The summed E-state index contributed by atoms with van der Waals surface area (Å²) in [6.45, 7) is 4.58. The van der Waals surface area contributed by atoms with Gasteiger partial charge in [-0.15, -0.1) is 0 Å². The summed E-state index contributed by atoms with van der Waals surface area (Å²) >= 11 is 0. The smallest absolute Gasteiger partial charge is 0.114 e. The molecule has 2 heterocycles. The zero-order valence-corrected chi connectivity index (χ0v) is 7.13. The number of aryl methyl sites for hydroxylation is 1. The third-order valence-corrected chi connectivity index (χ3v) is 1.98. The molecule has 1 aliphatic rings. The summed E-state index contributed by atoms with van der Waals surface area (Å²) in [6.07, 6.45) is 0.128. The predicted molar refractivity (Wildman–Crippen MR) is 44.9 cm³/mol. The first-order chi connectivity index (χ1) is 5.86. The molecule has 1 fully saturated rings. The van der Waals surface area contributed by atoms with Gasteiger partial charge in [-0.2, -0.15) is 5.10 Å². The van der Waals surface area contributed by atoms with Gasteiger partial charge in [-0.3, -0.25) is 5.10 Å². The van der Waals surface area contributed by atoms with Gasteiger partial charge in [-0.05, 0) is 13.0 Å². The molecule has 0 unspecified atom stereocenters. The van der Waals surface area contributed by atoms with Crippen LogP contribution in [-0.2, 0) is 4.74 Å². The number of hydrogen-bond donors (Lipinski definition) is 2. The number of ether oxygens (including phenoxy) is 1. The average molecular weight is 167 g/mol. The summed E-state index contributed by atoms with van der Waals surface area (Å²) in [5.41, 5.74) is 2.08. The molecular formula is C8H13N3O. The molecule has 0 aliphatic carbocycles. The van der Waals surface area contributed by atoms with Crippen molar-refractivity contribution in [2.45, 2.75) is 13.0 Å². The van der Waals surface area contributed by atoms with E-state index in [-0.39, 0.29) is 6.10 Å². The molecule has 2 rings (SSSR count). The van der Waals surface area contributed by atoms with Crippen molar-refractivity contribution in [1.29, 1.82) is 0 Å². The molecular weight excluding hydrogens is 154 g/mol. The van der Waals surface area contributed by atoms with Crippen LogP contribution >= 0.6 is 0 Å². The summed E-state index contributed by atoms with van der Waals surface area (Å²) in [5, 5.41) is 10.3. The van der Waals surface area contributed by atoms with Crippen LogP contribution in [0.2, 0.25) is 0 Å². The highest BCUT2D eigenvalue weighted by atomic mass is 16.5. The minimum absolute atomic E-state index is 0.128. The van der Waals surface area contributed by atoms with Crippen LogP contribution in [0.4, 0.5) is 0 Å². The average Bonchev–Trinajstić information content (AvgIpc) is 2.54. The van der Waals surface area contributed by atoms with E-state index in [4.69, 9.17) is 4.74 Å². The number of H-pyrrole nitrogens is 1. The van der Waals surface area contributed by atoms with Crippen LogP contribution in [0.15, 0.2) is 6.07 Å². The van der Waals surface area contributed by atoms with Crippen LogP contribution in [-0.4, -0.2) is 29.9 Å². The Balaban J connectivity index is 2.08. The Morgan fingerprint density at radius 2 is 2.58 bits per heavy atom. The lowest BCUT2D eigenvalue weighted by molar-refractivity contribution is 0.0250. The van der Waals surface area contributed by atoms with Crippen molar-refractivity contribution in [2.75, 3.05) is 19.7 Å². The van der Waals surface area contributed by atoms with E-state index in [2.05, 4.69) is 15.5 Å². The maximum atomic E-state index is 5.53. The van der Waals surface area contributed by atoms with Gasteiger partial charge in [0.1, 0.15) is 6.10 Å². The number of rotatable bonds is 1. The third kappa shape index (κ3) is 1.49. The maximum absolute atomic E-state index is 5.53. The van der Waals surface area contributed by atoms with E-state index in [9.17, 15) is 0 Å². The van der Waals surface area contributed by atoms with Crippen LogP contribution in [0.3, 0.4) is 0 Å². The summed E-state index contributed by atoms with van der Waals surface area (Å²) in [6, 6.07) is 2.03. The number of nitrogens with zero attached hydrogens (tertiary/aromatic N) is 1. The molecule has 12 heavy (non-hydrogen) atoms. The molecule has 4 nitrogen and oxygen atoms in total. The van der Waals surface area contributed by atoms with E-state index in [1.165, 1.54) is 0 Å². The van der Waals surface area contributed by atoms with Crippen molar-refractivity contribution in [1.82, 2.24) is 15.5 Å². The molecule has 0 amide bonds. The van der Waals surface area contributed by atoms with Crippen molar-refractivity contribution < 1.29 is 4.74 Å². The summed E-state index contributed by atoms with van der Waals surface area (Å²) < 4.78 is 5.53. The fourth-order valence-electron chi connectivity index (χ4n) is 1.36. The minimum atomic E-state index is 0.128. The first kappa shape index (κ1) is 7.76. The first-order valence-electron chi connectivity index (χ1n) is 4.20. The second-order valence-electron chi connectivity index (χ2n) is 3.04. The Bertz CT molecular complexity index is 253. The lowest BCUT2D eigenvalue weighted by Crippen LogP contribution is -2.33. The van der Waals surface area contributed by atoms with Crippen LogP contribution < -0.4 is 5.32 Å². The molecule has 0 saturated carbocycles. The molecule has 0 aromatic carbocycles. The normalized spacial score (nSPS) is 24.2. The first-order valence-corrected chi connectivity index (χ1v) is 4.20. The van der Waals surface area contributed by atoms with Crippen molar-refractivity contribution >= 4 is 0 Å². The number of aromatic nitrogens is 2. The summed E-state index contributed by atoms with van der Waals surface area (Å²) in [4.78, 5) is 0. The molecule has 0 bridgehead atoms. The zero-order valence-electron chi connectivity index (χ0n) is 7.13. The molecule has 4 heteroatoms. The maximum Gasteiger partial charge on any atom is 0.114 e. The summed E-state index contributed by atoms with van der Waals surface area (Å²) in [5.74, 6) is 0. The van der Waals surface area contributed by atoms with E-state index in [1.54, 1.807) is 0 Å². The van der Waals surface area contributed by atoms with Gasteiger partial charge in [0.2, 0.25) is 0 Å². The predicted octanol–water partition coefficient (Wildman–Crippen LogP) is 0.379. The molecule has 1 aliphatic heterocycles. The van der Waals surface area contributed by atoms with Crippen molar-refractivity contribution in [3.63, 3.8) is 0 Å². The van der Waals surface area contributed by atoms with Gasteiger partial charge in [-0.1, -0.05) is 0 Å². The molecule has 1 aromatic heterocycles. The van der Waals surface area contributed by atoms with Gasteiger partial charge in [-0.25, -0.2) is 0 Å².